The fourth-order valence-corrected chi connectivity index (χ4v) is 2.37. The molecule has 2 aromatic carbocycles. The van der Waals surface area contributed by atoms with Crippen molar-refractivity contribution in [3.63, 3.8) is 0 Å². The van der Waals surface area contributed by atoms with Crippen LogP contribution in [0.2, 0.25) is 0 Å². The molecule has 0 radical (unpaired) electrons. The summed E-state index contributed by atoms with van der Waals surface area (Å²) in [6.45, 7) is 1.62. The summed E-state index contributed by atoms with van der Waals surface area (Å²) in [6, 6.07) is 20.6. The summed E-state index contributed by atoms with van der Waals surface area (Å²) in [5.41, 5.74) is 1.84. The van der Waals surface area contributed by atoms with E-state index >= 15 is 0 Å². The van der Waals surface area contributed by atoms with Gasteiger partial charge in [0.25, 0.3) is 0 Å². The Balaban J connectivity index is 2.11. The summed E-state index contributed by atoms with van der Waals surface area (Å²) in [7, 11) is 0. The molecule has 0 bridgehead atoms. The molecular formula is C15H15NO. The largest absolute Gasteiger partial charge is 0.351 e. The fourth-order valence-electron chi connectivity index (χ4n) is 2.37. The summed E-state index contributed by atoms with van der Waals surface area (Å²) in [4.78, 5) is 0. The molecule has 17 heavy (non-hydrogen) atoms. The van der Waals surface area contributed by atoms with Crippen molar-refractivity contribution in [1.82, 2.24) is 5.32 Å². The third-order valence-electron chi connectivity index (χ3n) is 3.16. The zero-order valence-corrected chi connectivity index (χ0v) is 9.60. The first kappa shape index (κ1) is 10.5. The number of ether oxygens (including phenoxy) is 1. The van der Waals surface area contributed by atoms with Gasteiger partial charge in [0.2, 0.25) is 0 Å². The number of rotatable bonds is 2. The molecule has 0 aromatic heterocycles. The fraction of sp³-hybridized carbons (Fsp3) is 0.200. The van der Waals surface area contributed by atoms with Crippen LogP contribution in [0, 0.1) is 0 Å². The Morgan fingerprint density at radius 1 is 0.824 bits per heavy atom. The van der Waals surface area contributed by atoms with Crippen molar-refractivity contribution in [3.8, 4) is 0 Å². The van der Waals surface area contributed by atoms with Crippen LogP contribution in [0.5, 0.6) is 0 Å². The summed E-state index contributed by atoms with van der Waals surface area (Å²) >= 11 is 0. The molecular weight excluding hydrogens is 210 g/mol. The van der Waals surface area contributed by atoms with Crippen LogP contribution in [0.1, 0.15) is 11.1 Å². The van der Waals surface area contributed by atoms with Gasteiger partial charge >= 0.3 is 0 Å². The predicted molar refractivity (Wildman–Crippen MR) is 67.6 cm³/mol. The predicted octanol–water partition coefficient (Wildman–Crippen LogP) is 2.51. The van der Waals surface area contributed by atoms with Gasteiger partial charge in [-0.25, -0.2) is 0 Å². The van der Waals surface area contributed by atoms with Gasteiger partial charge < -0.3 is 4.74 Å². The highest BCUT2D eigenvalue weighted by molar-refractivity contribution is 5.36. The minimum Gasteiger partial charge on any atom is -0.351 e. The molecule has 2 nitrogen and oxygen atoms in total. The van der Waals surface area contributed by atoms with Crippen molar-refractivity contribution in [1.29, 1.82) is 0 Å². The average molecular weight is 225 g/mol. The Kier molecular flexibility index (Phi) is 2.67. The monoisotopic (exact) mass is 225 g/mol. The molecule has 0 amide bonds. The summed E-state index contributed by atoms with van der Waals surface area (Å²) in [6.07, 6.45) is 0. The van der Waals surface area contributed by atoms with E-state index in [1.54, 1.807) is 0 Å². The van der Waals surface area contributed by atoms with Gasteiger partial charge in [-0.2, -0.15) is 0 Å². The molecule has 0 unspecified atom stereocenters. The maximum absolute atomic E-state index is 6.00. The van der Waals surface area contributed by atoms with Crippen molar-refractivity contribution in [2.75, 3.05) is 13.2 Å². The van der Waals surface area contributed by atoms with Crippen LogP contribution in [0.15, 0.2) is 60.7 Å². The van der Waals surface area contributed by atoms with Crippen LogP contribution in [0.3, 0.4) is 0 Å². The molecule has 0 atom stereocenters. The van der Waals surface area contributed by atoms with E-state index < -0.39 is 5.72 Å². The lowest BCUT2D eigenvalue weighted by Crippen LogP contribution is -2.39. The van der Waals surface area contributed by atoms with Crippen LogP contribution in [0.4, 0.5) is 0 Å². The van der Waals surface area contributed by atoms with Gasteiger partial charge in [-0.15, -0.1) is 0 Å². The van der Waals surface area contributed by atoms with Gasteiger partial charge in [0.15, 0.2) is 5.72 Å². The second kappa shape index (κ2) is 4.32. The lowest BCUT2D eigenvalue weighted by atomic mass is 9.95. The van der Waals surface area contributed by atoms with Crippen LogP contribution >= 0.6 is 0 Å². The number of benzene rings is 2. The zero-order valence-electron chi connectivity index (χ0n) is 9.60. The molecule has 3 rings (SSSR count). The van der Waals surface area contributed by atoms with Crippen molar-refractivity contribution in [2.24, 2.45) is 0 Å². The molecule has 2 heteroatoms. The molecule has 1 N–H and O–H groups in total. The Morgan fingerprint density at radius 2 is 1.35 bits per heavy atom. The summed E-state index contributed by atoms with van der Waals surface area (Å²) in [5.74, 6) is 0. The van der Waals surface area contributed by atoms with Gasteiger partial charge in [0.1, 0.15) is 0 Å². The Labute approximate surface area is 101 Å². The minimum atomic E-state index is -0.470. The van der Waals surface area contributed by atoms with E-state index in [1.165, 1.54) is 0 Å². The van der Waals surface area contributed by atoms with Crippen LogP contribution in [0.25, 0.3) is 0 Å². The highest BCUT2D eigenvalue weighted by Crippen LogP contribution is 2.33. The molecule has 1 heterocycles. The second-order valence-electron chi connectivity index (χ2n) is 4.19. The first-order valence-corrected chi connectivity index (χ1v) is 5.92. The SMILES string of the molecule is c1ccc(C2(c3ccccc3)NCCO2)cc1. The topological polar surface area (TPSA) is 21.3 Å². The first-order valence-electron chi connectivity index (χ1n) is 5.92. The minimum absolute atomic E-state index is 0.470. The van der Waals surface area contributed by atoms with E-state index in [-0.39, 0.29) is 0 Å². The van der Waals surface area contributed by atoms with E-state index in [9.17, 15) is 0 Å². The average Bonchev–Trinajstić information content (AvgIpc) is 2.91. The normalized spacial score (nSPS) is 18.1. The highest BCUT2D eigenvalue weighted by Gasteiger charge is 2.38. The van der Waals surface area contributed by atoms with Gasteiger partial charge in [-0.1, -0.05) is 60.7 Å². The van der Waals surface area contributed by atoms with Crippen LogP contribution in [-0.4, -0.2) is 13.2 Å². The molecule has 1 fully saturated rings. The smallest absolute Gasteiger partial charge is 0.171 e. The molecule has 1 saturated heterocycles. The molecule has 86 valence electrons. The van der Waals surface area contributed by atoms with E-state index in [2.05, 4.69) is 29.6 Å². The zero-order chi connectivity index (χ0) is 11.6. The summed E-state index contributed by atoms with van der Waals surface area (Å²) in [5, 5.41) is 3.48. The summed E-state index contributed by atoms with van der Waals surface area (Å²) < 4.78 is 6.00. The molecule has 0 saturated carbocycles. The van der Waals surface area contributed by atoms with Gasteiger partial charge in [0, 0.05) is 17.7 Å². The maximum atomic E-state index is 6.00. The Hall–Kier alpha value is -1.64. The van der Waals surface area contributed by atoms with E-state index in [4.69, 9.17) is 4.74 Å². The van der Waals surface area contributed by atoms with Crippen LogP contribution in [-0.2, 0) is 10.5 Å². The van der Waals surface area contributed by atoms with Crippen molar-refractivity contribution < 1.29 is 4.74 Å². The number of hydrogen-bond donors (Lipinski definition) is 1. The van der Waals surface area contributed by atoms with Crippen molar-refractivity contribution in [2.45, 2.75) is 5.72 Å². The number of hydrogen-bond acceptors (Lipinski definition) is 2. The standard InChI is InChI=1S/C15H15NO/c1-3-7-13(8-4-1)15(16-11-12-17-15)14-9-5-2-6-10-14/h1-10,16H,11-12H2. The lowest BCUT2D eigenvalue weighted by molar-refractivity contribution is 0.0223. The third kappa shape index (κ3) is 1.75. The van der Waals surface area contributed by atoms with Crippen LogP contribution < -0.4 is 5.32 Å². The van der Waals surface area contributed by atoms with Crippen molar-refractivity contribution >= 4 is 0 Å². The Morgan fingerprint density at radius 3 is 1.76 bits per heavy atom. The third-order valence-corrected chi connectivity index (χ3v) is 3.16. The van der Waals surface area contributed by atoms with Gasteiger partial charge in [0.05, 0.1) is 6.61 Å². The highest BCUT2D eigenvalue weighted by atomic mass is 16.5. The molecule has 2 aromatic rings. The van der Waals surface area contributed by atoms with Gasteiger partial charge in [-0.05, 0) is 0 Å². The van der Waals surface area contributed by atoms with E-state index in [0.717, 1.165) is 24.3 Å². The maximum Gasteiger partial charge on any atom is 0.171 e. The lowest BCUT2D eigenvalue weighted by Gasteiger charge is -2.29. The molecule has 1 aliphatic heterocycles. The van der Waals surface area contributed by atoms with Crippen molar-refractivity contribution in [3.05, 3.63) is 71.8 Å². The Bertz CT molecular complexity index is 433. The van der Waals surface area contributed by atoms with Gasteiger partial charge in [-0.3, -0.25) is 5.32 Å². The quantitative estimate of drug-likeness (QED) is 0.848. The molecule has 0 aliphatic carbocycles. The number of nitrogens with one attached hydrogen (secondary N) is 1. The second-order valence-corrected chi connectivity index (χ2v) is 4.19. The van der Waals surface area contributed by atoms with E-state index in [1.807, 2.05) is 36.4 Å². The molecule has 0 spiro atoms. The first-order chi connectivity index (χ1) is 8.42. The van der Waals surface area contributed by atoms with E-state index in [0.29, 0.717) is 0 Å². The molecule has 1 aliphatic rings.